The Morgan fingerprint density at radius 2 is 1.81 bits per heavy atom. The third-order valence-electron chi connectivity index (χ3n) is 7.09. The van der Waals surface area contributed by atoms with Crippen LogP contribution in [0.3, 0.4) is 0 Å². The van der Waals surface area contributed by atoms with Crippen molar-refractivity contribution in [1.82, 2.24) is 19.7 Å². The molecule has 0 radical (unpaired) electrons. The maximum Gasteiger partial charge on any atom is 0.259 e. The Bertz CT molecular complexity index is 1150. The molecule has 0 atom stereocenters. The molecule has 0 bridgehead atoms. The maximum atomic E-state index is 13.5. The van der Waals surface area contributed by atoms with Crippen LogP contribution < -0.4 is 4.90 Å². The first-order valence-electron chi connectivity index (χ1n) is 12.4. The molecule has 0 spiro atoms. The minimum atomic E-state index is -0.0313. The Hall–Kier alpha value is -2.03. The summed E-state index contributed by atoms with van der Waals surface area (Å²) >= 11 is 6.32. The number of likely N-dealkylation sites (N-methyl/N-ethyl adjacent to an activating group) is 1. The van der Waals surface area contributed by atoms with E-state index < -0.39 is 0 Å². The second kappa shape index (κ2) is 13.2. The summed E-state index contributed by atoms with van der Waals surface area (Å²) in [7, 11) is 4.06. The van der Waals surface area contributed by atoms with E-state index in [-0.39, 0.29) is 36.6 Å². The second-order valence-corrected chi connectivity index (χ2v) is 10.2. The van der Waals surface area contributed by atoms with Crippen molar-refractivity contribution in [2.24, 2.45) is 0 Å². The number of benzene rings is 1. The first kappa shape index (κ1) is 31.2. The van der Waals surface area contributed by atoms with Gasteiger partial charge in [0.2, 0.25) is 0 Å². The minimum Gasteiger partial charge on any atom is -0.358 e. The van der Waals surface area contributed by atoms with Crippen molar-refractivity contribution in [3.05, 3.63) is 51.3 Å². The van der Waals surface area contributed by atoms with E-state index in [1.54, 1.807) is 0 Å². The SMILES string of the molecule is CCN1CCN(C(=O)c2c(C)[nH]c(/C=C3\C(=O)N(CCCN(C)C)c4ccc(Cl)cc43)c2C)CC1.Cl.Cl. The Kier molecular flexibility index (Phi) is 11.1. The van der Waals surface area contributed by atoms with Crippen LogP contribution in [0.5, 0.6) is 0 Å². The van der Waals surface area contributed by atoms with Gasteiger partial charge in [0, 0.05) is 54.7 Å². The molecule has 2 amide bonds. The number of hydrogen-bond acceptors (Lipinski definition) is 4. The lowest BCUT2D eigenvalue weighted by atomic mass is 10.0. The molecular weight excluding hydrogens is 533 g/mol. The number of carbonyl (C=O) groups is 2. The van der Waals surface area contributed by atoms with E-state index >= 15 is 0 Å². The number of piperazine rings is 1. The number of carbonyl (C=O) groups excluding carboxylic acids is 2. The summed E-state index contributed by atoms with van der Waals surface area (Å²) in [5.74, 6) is 0.0272. The molecule has 0 aliphatic carbocycles. The zero-order chi connectivity index (χ0) is 25.3. The van der Waals surface area contributed by atoms with Crippen molar-refractivity contribution >= 4 is 65.6 Å². The van der Waals surface area contributed by atoms with Gasteiger partial charge in [0.05, 0.1) is 16.8 Å². The van der Waals surface area contributed by atoms with Crippen LogP contribution in [0.25, 0.3) is 11.6 Å². The molecule has 0 unspecified atom stereocenters. The van der Waals surface area contributed by atoms with Crippen LogP contribution in [0.4, 0.5) is 5.69 Å². The molecule has 10 heteroatoms. The van der Waals surface area contributed by atoms with Crippen molar-refractivity contribution in [3.8, 4) is 0 Å². The molecule has 2 aliphatic rings. The predicted molar refractivity (Wildman–Crippen MR) is 158 cm³/mol. The lowest BCUT2D eigenvalue weighted by molar-refractivity contribution is -0.113. The van der Waals surface area contributed by atoms with Gasteiger partial charge < -0.3 is 24.6 Å². The molecule has 2 aliphatic heterocycles. The number of rotatable bonds is 7. The fourth-order valence-corrected chi connectivity index (χ4v) is 5.22. The number of amides is 2. The van der Waals surface area contributed by atoms with Crippen molar-refractivity contribution in [3.63, 3.8) is 0 Å². The fraction of sp³-hybridized carbons (Fsp3) is 0.481. The second-order valence-electron chi connectivity index (χ2n) is 9.72. The van der Waals surface area contributed by atoms with Crippen molar-refractivity contribution in [2.45, 2.75) is 27.2 Å². The topological polar surface area (TPSA) is 62.9 Å². The molecule has 1 N–H and O–H groups in total. The first-order valence-corrected chi connectivity index (χ1v) is 12.8. The monoisotopic (exact) mass is 569 g/mol. The lowest BCUT2D eigenvalue weighted by Gasteiger charge is -2.34. The molecule has 7 nitrogen and oxygen atoms in total. The van der Waals surface area contributed by atoms with Crippen LogP contribution in [-0.4, -0.2) is 91.4 Å². The standard InChI is InChI=1S/C27H36ClN5O2.2ClH/c1-6-31-12-14-32(15-13-31)27(35)25-18(2)23(29-19(25)3)17-22-21-16-20(28)8-9-24(21)33(26(22)34)11-7-10-30(4)5;;/h8-9,16-17,29H,6-7,10-15H2,1-5H3;2*1H/b22-17-;;. The smallest absolute Gasteiger partial charge is 0.259 e. The molecule has 1 fully saturated rings. The molecule has 4 rings (SSSR count). The number of nitrogens with one attached hydrogen (secondary N) is 1. The van der Waals surface area contributed by atoms with Gasteiger partial charge in [-0.25, -0.2) is 0 Å². The summed E-state index contributed by atoms with van der Waals surface area (Å²) in [5, 5.41) is 0.596. The highest BCUT2D eigenvalue weighted by molar-refractivity contribution is 6.37. The predicted octanol–water partition coefficient (Wildman–Crippen LogP) is 4.75. The number of anilines is 1. The molecule has 1 aromatic carbocycles. The number of halogens is 3. The van der Waals surface area contributed by atoms with Crippen molar-refractivity contribution in [2.75, 3.05) is 64.8 Å². The van der Waals surface area contributed by atoms with Crippen molar-refractivity contribution in [1.29, 1.82) is 0 Å². The van der Waals surface area contributed by atoms with Crippen molar-refractivity contribution < 1.29 is 9.59 Å². The first-order chi connectivity index (χ1) is 16.7. The molecule has 2 aromatic rings. The Morgan fingerprint density at radius 1 is 1.14 bits per heavy atom. The minimum absolute atomic E-state index is 0. The van der Waals surface area contributed by atoms with Gasteiger partial charge in [0.25, 0.3) is 11.8 Å². The van der Waals surface area contributed by atoms with Gasteiger partial charge in [-0.15, -0.1) is 24.8 Å². The highest BCUT2D eigenvalue weighted by Crippen LogP contribution is 2.40. The van der Waals surface area contributed by atoms with E-state index in [4.69, 9.17) is 11.6 Å². The van der Waals surface area contributed by atoms with Crippen LogP contribution in [0.2, 0.25) is 5.02 Å². The Balaban J connectivity index is 0.00000241. The molecule has 1 aromatic heterocycles. The summed E-state index contributed by atoms with van der Waals surface area (Å²) < 4.78 is 0. The third kappa shape index (κ3) is 6.52. The average Bonchev–Trinajstić information content (AvgIpc) is 3.25. The summed E-state index contributed by atoms with van der Waals surface area (Å²) in [6.45, 7) is 11.9. The number of aryl methyl sites for hydroxylation is 1. The summed E-state index contributed by atoms with van der Waals surface area (Å²) in [5.41, 5.74) is 5.53. The number of H-pyrrole nitrogens is 1. The van der Waals surface area contributed by atoms with Gasteiger partial charge >= 0.3 is 0 Å². The van der Waals surface area contributed by atoms with Gasteiger partial charge in [0.15, 0.2) is 0 Å². The van der Waals surface area contributed by atoms with Gasteiger partial charge in [0.1, 0.15) is 0 Å². The Morgan fingerprint density at radius 3 is 2.43 bits per heavy atom. The normalized spacial score (nSPS) is 16.7. The zero-order valence-corrected chi connectivity index (χ0v) is 24.7. The van der Waals surface area contributed by atoms with E-state index in [1.807, 2.05) is 62.0 Å². The number of hydrogen-bond donors (Lipinski definition) is 1. The number of aromatic nitrogens is 1. The third-order valence-corrected chi connectivity index (χ3v) is 7.32. The molecule has 3 heterocycles. The quantitative estimate of drug-likeness (QED) is 0.488. The van der Waals surface area contributed by atoms with Crippen LogP contribution in [0.15, 0.2) is 18.2 Å². The maximum absolute atomic E-state index is 13.5. The zero-order valence-electron chi connectivity index (χ0n) is 22.3. The number of fused-ring (bicyclic) bond motifs is 1. The van der Waals surface area contributed by atoms with E-state index in [9.17, 15) is 9.59 Å². The highest BCUT2D eigenvalue weighted by Gasteiger charge is 2.33. The van der Waals surface area contributed by atoms with Gasteiger partial charge in [-0.05, 0) is 77.3 Å². The average molecular weight is 571 g/mol. The van der Waals surface area contributed by atoms with E-state index in [1.165, 1.54) is 0 Å². The molecule has 37 heavy (non-hydrogen) atoms. The van der Waals surface area contributed by atoms with Crippen LogP contribution in [0.1, 0.15) is 46.2 Å². The van der Waals surface area contributed by atoms with Gasteiger partial charge in [-0.1, -0.05) is 18.5 Å². The lowest BCUT2D eigenvalue weighted by Crippen LogP contribution is -2.48. The van der Waals surface area contributed by atoms with Gasteiger partial charge in [-0.3, -0.25) is 9.59 Å². The van der Waals surface area contributed by atoms with Crippen LogP contribution >= 0.6 is 36.4 Å². The number of nitrogens with zero attached hydrogens (tertiary/aromatic N) is 4. The summed E-state index contributed by atoms with van der Waals surface area (Å²) in [6, 6.07) is 5.61. The summed E-state index contributed by atoms with van der Waals surface area (Å²) in [4.78, 5) is 38.5. The Labute approximate surface area is 237 Å². The highest BCUT2D eigenvalue weighted by atomic mass is 35.5. The molecule has 0 saturated carbocycles. The van der Waals surface area contributed by atoms with E-state index in [0.29, 0.717) is 22.7 Å². The largest absolute Gasteiger partial charge is 0.358 e. The molecule has 204 valence electrons. The van der Waals surface area contributed by atoms with E-state index in [0.717, 1.165) is 73.9 Å². The fourth-order valence-electron chi connectivity index (χ4n) is 5.04. The van der Waals surface area contributed by atoms with Crippen LogP contribution in [-0.2, 0) is 4.79 Å². The van der Waals surface area contributed by atoms with Crippen LogP contribution in [0, 0.1) is 13.8 Å². The molecular formula is C27H38Cl3N5O2. The van der Waals surface area contributed by atoms with E-state index in [2.05, 4.69) is 21.7 Å². The molecule has 1 saturated heterocycles. The van der Waals surface area contributed by atoms with Gasteiger partial charge in [-0.2, -0.15) is 0 Å². The summed E-state index contributed by atoms with van der Waals surface area (Å²) in [6.07, 6.45) is 2.76. The number of aromatic amines is 1.